The van der Waals surface area contributed by atoms with Crippen LogP contribution in [0.4, 0.5) is 5.69 Å². The molecule has 6 aromatic carbocycles. The van der Waals surface area contributed by atoms with Gasteiger partial charge in [0.1, 0.15) is 6.17 Å². The van der Waals surface area contributed by atoms with Gasteiger partial charge in [-0.15, -0.1) is 11.3 Å². The number of fused-ring (bicyclic) bond motifs is 6. The lowest BCUT2D eigenvalue weighted by Crippen LogP contribution is -2.41. The molecule has 4 aliphatic rings. The molecule has 0 bridgehead atoms. The molecule has 11 rings (SSSR count). The summed E-state index contributed by atoms with van der Waals surface area (Å²) in [4.78, 5) is 4.22. The van der Waals surface area contributed by atoms with Gasteiger partial charge >= 0.3 is 0 Å². The van der Waals surface area contributed by atoms with E-state index in [1.165, 1.54) is 70.7 Å². The topological polar surface area (TPSA) is 27.3 Å². The van der Waals surface area contributed by atoms with E-state index in [0.29, 0.717) is 0 Å². The second-order valence-corrected chi connectivity index (χ2v) is 16.3. The Kier molecular flexibility index (Phi) is 8.19. The Hall–Kier alpha value is -6.20. The quantitative estimate of drug-likeness (QED) is 0.178. The second-order valence-electron chi connectivity index (χ2n) is 15.2. The van der Waals surface area contributed by atoms with E-state index < -0.39 is 0 Å². The fourth-order valence-corrected chi connectivity index (χ4v) is 10.8. The molecule has 2 aliphatic carbocycles. The number of allylic oxidation sites excluding steroid dienone is 1. The van der Waals surface area contributed by atoms with Crippen LogP contribution in [0, 0.1) is 0 Å². The molecule has 0 spiro atoms. The summed E-state index contributed by atoms with van der Waals surface area (Å²) in [6, 6.07) is 57.7. The highest BCUT2D eigenvalue weighted by molar-refractivity contribution is 7.20. The van der Waals surface area contributed by atoms with Gasteiger partial charge in [0.25, 0.3) is 0 Å². The predicted molar refractivity (Wildman–Crippen MR) is 234 cm³/mol. The zero-order valence-electron chi connectivity index (χ0n) is 30.9. The first kappa shape index (κ1) is 33.2. The predicted octanol–water partition coefficient (Wildman–Crippen LogP) is 12.7. The van der Waals surface area contributed by atoms with E-state index >= 15 is 0 Å². The minimum atomic E-state index is -0.0473. The van der Waals surface area contributed by atoms with Crippen molar-refractivity contribution in [1.82, 2.24) is 10.6 Å². The normalized spacial score (nSPS) is 22.1. The number of benzene rings is 6. The Morgan fingerprint density at radius 1 is 0.625 bits per heavy atom. The SMILES string of the molecule is C1=Cc2c(sc3c(-c4ccccc4)cccc23)C(N2c3ccccc3C3C=CC(C4=CC(c5cccc(-c6ccccc6)c5)NC(c5ccccc5)N4)=CC32)C1. The summed E-state index contributed by atoms with van der Waals surface area (Å²) in [5.74, 6) is 0.282. The third-order valence-corrected chi connectivity index (χ3v) is 13.4. The Balaban J connectivity index is 1.00. The van der Waals surface area contributed by atoms with Crippen molar-refractivity contribution in [3.05, 3.63) is 227 Å². The van der Waals surface area contributed by atoms with Gasteiger partial charge in [-0.3, -0.25) is 5.32 Å². The van der Waals surface area contributed by atoms with Crippen molar-refractivity contribution in [2.45, 2.75) is 36.6 Å². The third kappa shape index (κ3) is 5.68. The highest BCUT2D eigenvalue weighted by Gasteiger charge is 2.43. The molecule has 0 radical (unpaired) electrons. The standard InChI is InChI=1S/C52H41N3S/c1-4-15-34(16-5-1)37-21-12-22-38(31-37)45-33-46(54-52(53-45)36-19-8-3-9-20-36)39-29-30-42-41-23-10-11-27-47(41)55(49(42)32-39)48-28-14-26-44-43-25-13-24-40(50(43)56-51(44)48)35-17-6-2-7-18-35/h1-27,29-33,42,45,48-49,52-54H,28H2. The minimum absolute atomic E-state index is 0.0208. The van der Waals surface area contributed by atoms with Gasteiger partial charge in [0.05, 0.1) is 18.1 Å². The summed E-state index contributed by atoms with van der Waals surface area (Å²) in [6.45, 7) is 0. The van der Waals surface area contributed by atoms with Crippen molar-refractivity contribution >= 4 is 33.2 Å². The Bertz CT molecular complexity index is 2710. The molecule has 56 heavy (non-hydrogen) atoms. The van der Waals surface area contributed by atoms with Crippen LogP contribution in [0.25, 0.3) is 38.4 Å². The maximum Gasteiger partial charge on any atom is 0.104 e. The van der Waals surface area contributed by atoms with Crippen molar-refractivity contribution in [3.63, 3.8) is 0 Å². The summed E-state index contributed by atoms with van der Waals surface area (Å²) >= 11 is 1.99. The van der Waals surface area contributed by atoms with Crippen LogP contribution in [0.3, 0.4) is 0 Å². The summed E-state index contributed by atoms with van der Waals surface area (Å²) in [6.07, 6.45) is 15.5. The van der Waals surface area contributed by atoms with Gasteiger partial charge in [-0.25, -0.2) is 0 Å². The van der Waals surface area contributed by atoms with Gasteiger partial charge in [0.2, 0.25) is 0 Å². The summed E-state index contributed by atoms with van der Waals surface area (Å²) < 4.78 is 1.38. The van der Waals surface area contributed by atoms with Crippen LogP contribution >= 0.6 is 11.3 Å². The first-order chi connectivity index (χ1) is 27.8. The lowest BCUT2D eigenvalue weighted by Gasteiger charge is -2.38. The van der Waals surface area contributed by atoms with Crippen LogP contribution < -0.4 is 15.5 Å². The fourth-order valence-electron chi connectivity index (χ4n) is 9.39. The van der Waals surface area contributed by atoms with E-state index in [1.54, 1.807) is 0 Å². The molecule has 3 nitrogen and oxygen atoms in total. The molecule has 1 aromatic heterocycles. The molecule has 0 saturated carbocycles. The number of nitrogens with zero attached hydrogens (tertiary/aromatic N) is 1. The number of para-hydroxylation sites is 1. The molecule has 0 fully saturated rings. The smallest absolute Gasteiger partial charge is 0.104 e. The number of rotatable bonds is 6. The van der Waals surface area contributed by atoms with E-state index in [-0.39, 0.29) is 30.2 Å². The molecule has 4 heteroatoms. The average molecular weight is 740 g/mol. The molecule has 0 saturated heterocycles. The van der Waals surface area contributed by atoms with E-state index in [4.69, 9.17) is 0 Å². The molecule has 2 N–H and O–H groups in total. The van der Waals surface area contributed by atoms with E-state index in [9.17, 15) is 0 Å². The number of hydrogen-bond donors (Lipinski definition) is 2. The molecule has 5 unspecified atom stereocenters. The molecule has 2 aliphatic heterocycles. The number of thiophene rings is 1. The first-order valence-corrected chi connectivity index (χ1v) is 20.6. The Morgan fingerprint density at radius 3 is 2.18 bits per heavy atom. The van der Waals surface area contributed by atoms with Crippen LogP contribution in [-0.2, 0) is 0 Å². The van der Waals surface area contributed by atoms with Crippen molar-refractivity contribution in [3.8, 4) is 22.3 Å². The monoisotopic (exact) mass is 739 g/mol. The van der Waals surface area contributed by atoms with Crippen molar-refractivity contribution in [1.29, 1.82) is 0 Å². The van der Waals surface area contributed by atoms with E-state index in [1.807, 2.05) is 11.3 Å². The Morgan fingerprint density at radius 2 is 1.34 bits per heavy atom. The van der Waals surface area contributed by atoms with E-state index in [0.717, 1.165) is 12.1 Å². The van der Waals surface area contributed by atoms with Crippen molar-refractivity contribution in [2.24, 2.45) is 0 Å². The molecular formula is C52H41N3S. The van der Waals surface area contributed by atoms with Crippen LogP contribution in [0.5, 0.6) is 0 Å². The highest BCUT2D eigenvalue weighted by atomic mass is 32.1. The van der Waals surface area contributed by atoms with Gasteiger partial charge in [-0.2, -0.15) is 0 Å². The zero-order chi connectivity index (χ0) is 37.0. The molecule has 3 heterocycles. The molecule has 7 aromatic rings. The summed E-state index contributed by atoms with van der Waals surface area (Å²) in [5.41, 5.74) is 14.1. The summed E-state index contributed by atoms with van der Waals surface area (Å²) in [7, 11) is 0. The van der Waals surface area contributed by atoms with Gasteiger partial charge in [0.15, 0.2) is 0 Å². The van der Waals surface area contributed by atoms with Crippen molar-refractivity contribution in [2.75, 3.05) is 4.90 Å². The largest absolute Gasteiger partial charge is 0.366 e. The van der Waals surface area contributed by atoms with Gasteiger partial charge < -0.3 is 10.2 Å². The molecule has 270 valence electrons. The van der Waals surface area contributed by atoms with Crippen LogP contribution in [-0.4, -0.2) is 6.04 Å². The number of anilines is 1. The number of hydrogen-bond acceptors (Lipinski definition) is 4. The maximum absolute atomic E-state index is 3.94. The average Bonchev–Trinajstić information content (AvgIpc) is 3.83. The van der Waals surface area contributed by atoms with Gasteiger partial charge in [0, 0.05) is 32.3 Å². The summed E-state index contributed by atoms with van der Waals surface area (Å²) in [5, 5.41) is 9.23. The van der Waals surface area contributed by atoms with Crippen LogP contribution in [0.1, 0.15) is 57.7 Å². The molecule has 0 amide bonds. The second kappa shape index (κ2) is 13.8. The van der Waals surface area contributed by atoms with Crippen LogP contribution in [0.2, 0.25) is 0 Å². The lowest BCUT2D eigenvalue weighted by atomic mass is 9.86. The zero-order valence-corrected chi connectivity index (χ0v) is 31.7. The third-order valence-electron chi connectivity index (χ3n) is 12.0. The highest BCUT2D eigenvalue weighted by Crippen LogP contribution is 2.53. The lowest BCUT2D eigenvalue weighted by molar-refractivity contribution is 0.419. The maximum atomic E-state index is 3.94. The van der Waals surface area contributed by atoms with E-state index in [2.05, 4.69) is 210 Å². The minimum Gasteiger partial charge on any atom is -0.366 e. The van der Waals surface area contributed by atoms with Gasteiger partial charge in [-0.05, 0) is 74.7 Å². The van der Waals surface area contributed by atoms with Crippen LogP contribution in [0.15, 0.2) is 199 Å². The van der Waals surface area contributed by atoms with Crippen molar-refractivity contribution < 1.29 is 0 Å². The number of nitrogens with one attached hydrogen (secondary N) is 2. The fraction of sp³-hybridized carbons (Fsp3) is 0.115. The molecule has 5 atom stereocenters. The Labute approximate surface area is 332 Å². The molecular weight excluding hydrogens is 699 g/mol. The first-order valence-electron chi connectivity index (χ1n) is 19.8. The van der Waals surface area contributed by atoms with Gasteiger partial charge in [-0.1, -0.05) is 176 Å².